The Bertz CT molecular complexity index is 498. The lowest BCUT2D eigenvalue weighted by molar-refractivity contribution is 0.176. The van der Waals surface area contributed by atoms with Gasteiger partial charge in [0, 0.05) is 19.0 Å². The van der Waals surface area contributed by atoms with E-state index in [0.717, 1.165) is 36.9 Å². The van der Waals surface area contributed by atoms with Crippen molar-refractivity contribution in [2.45, 2.75) is 46.2 Å². The van der Waals surface area contributed by atoms with E-state index < -0.39 is 0 Å². The number of hydrogen-bond acceptors (Lipinski definition) is 4. The number of fused-ring (bicyclic) bond motifs is 1. The fourth-order valence-corrected chi connectivity index (χ4v) is 2.65. The highest BCUT2D eigenvalue weighted by molar-refractivity contribution is 5.90. The summed E-state index contributed by atoms with van der Waals surface area (Å²) in [5.74, 6) is 2.73. The number of amides is 2. The van der Waals surface area contributed by atoms with Crippen LogP contribution in [-0.2, 0) is 0 Å². The van der Waals surface area contributed by atoms with Gasteiger partial charge in [-0.05, 0) is 25.2 Å². The Labute approximate surface area is 138 Å². The van der Waals surface area contributed by atoms with Crippen LogP contribution < -0.4 is 16.0 Å². The van der Waals surface area contributed by atoms with E-state index >= 15 is 0 Å². The van der Waals surface area contributed by atoms with Crippen molar-refractivity contribution in [3.05, 3.63) is 11.5 Å². The second kappa shape index (κ2) is 6.77. The molecule has 0 spiro atoms. The Balaban J connectivity index is 0.00000176. The van der Waals surface area contributed by atoms with Crippen molar-refractivity contribution >= 4 is 24.3 Å². The molecule has 3 N–H and O–H groups in total. The van der Waals surface area contributed by atoms with Crippen LogP contribution in [-0.4, -0.2) is 36.0 Å². The summed E-state index contributed by atoms with van der Waals surface area (Å²) in [7, 11) is 0. The Hall–Kier alpha value is -1.43. The highest BCUT2D eigenvalue weighted by Gasteiger charge is 2.41. The van der Waals surface area contributed by atoms with Gasteiger partial charge < -0.3 is 10.6 Å². The van der Waals surface area contributed by atoms with Gasteiger partial charge in [0.05, 0.1) is 0 Å². The highest BCUT2D eigenvalue weighted by atomic mass is 35.5. The summed E-state index contributed by atoms with van der Waals surface area (Å²) >= 11 is 0. The lowest BCUT2D eigenvalue weighted by Gasteiger charge is -2.34. The van der Waals surface area contributed by atoms with Gasteiger partial charge in [-0.2, -0.15) is 0 Å². The van der Waals surface area contributed by atoms with E-state index in [1.165, 1.54) is 12.8 Å². The molecule has 2 amide bonds. The van der Waals surface area contributed by atoms with Crippen LogP contribution in [0.1, 0.15) is 40.0 Å². The minimum Gasteiger partial charge on any atom is -0.370 e. The van der Waals surface area contributed by atoms with Crippen molar-refractivity contribution in [2.75, 3.05) is 13.1 Å². The molecular formula is C15H26ClN5O. The van der Waals surface area contributed by atoms with Gasteiger partial charge in [-0.15, -0.1) is 12.4 Å². The average molecular weight is 328 g/mol. The fraction of sp³-hybridized carbons (Fsp3) is 0.733. The number of nitrogens with zero attached hydrogens (tertiary/aromatic N) is 2. The minimum atomic E-state index is -0.184. The Morgan fingerprint density at radius 1 is 1.36 bits per heavy atom. The van der Waals surface area contributed by atoms with Crippen molar-refractivity contribution < 1.29 is 4.79 Å². The fourth-order valence-electron chi connectivity index (χ4n) is 2.65. The van der Waals surface area contributed by atoms with Gasteiger partial charge in [0.25, 0.3) is 0 Å². The Kier molecular flexibility index (Phi) is 5.21. The van der Waals surface area contributed by atoms with Crippen LogP contribution >= 0.6 is 12.4 Å². The third kappa shape index (κ3) is 3.32. The number of aliphatic imine (C=N–C) groups is 1. The van der Waals surface area contributed by atoms with E-state index in [9.17, 15) is 4.79 Å². The van der Waals surface area contributed by atoms with E-state index in [-0.39, 0.29) is 24.6 Å². The summed E-state index contributed by atoms with van der Waals surface area (Å²) < 4.78 is 0. The average Bonchev–Trinajstić information content (AvgIpc) is 3.15. The van der Waals surface area contributed by atoms with E-state index in [2.05, 4.69) is 36.7 Å². The summed E-state index contributed by atoms with van der Waals surface area (Å²) in [6.07, 6.45) is 3.28. The first-order chi connectivity index (χ1) is 10.1. The normalized spacial score (nSPS) is 23.6. The van der Waals surface area contributed by atoms with Crippen LogP contribution in [0.2, 0.25) is 0 Å². The van der Waals surface area contributed by atoms with E-state index in [1.807, 2.05) is 4.90 Å². The monoisotopic (exact) mass is 327 g/mol. The van der Waals surface area contributed by atoms with Gasteiger partial charge >= 0.3 is 6.03 Å². The van der Waals surface area contributed by atoms with Crippen molar-refractivity contribution in [1.82, 2.24) is 20.9 Å². The lowest BCUT2D eigenvalue weighted by Crippen LogP contribution is -2.54. The molecule has 0 saturated heterocycles. The van der Waals surface area contributed by atoms with Crippen molar-refractivity contribution in [1.29, 1.82) is 0 Å². The number of halogens is 1. The standard InChI is InChI=1S/C15H25N5O.ClH/c1-4-7-16-13-11-14(18-12(17-11)9(2)3)20(15(21)19-13)8-10-5-6-10;/h9-10,14,16H,4-8H2,1-3H3,(H,17,18)(H,19,21);1H. The molecule has 6 nitrogen and oxygen atoms in total. The highest BCUT2D eigenvalue weighted by Crippen LogP contribution is 2.33. The van der Waals surface area contributed by atoms with Gasteiger partial charge in [0.1, 0.15) is 17.4 Å². The van der Waals surface area contributed by atoms with Crippen LogP contribution in [0.4, 0.5) is 4.79 Å². The van der Waals surface area contributed by atoms with Crippen LogP contribution in [0.15, 0.2) is 16.5 Å². The third-order valence-electron chi connectivity index (χ3n) is 4.09. The number of hydrogen-bond donors (Lipinski definition) is 3. The number of rotatable bonds is 6. The second-order valence-corrected chi connectivity index (χ2v) is 6.41. The van der Waals surface area contributed by atoms with Gasteiger partial charge in [-0.25, -0.2) is 9.79 Å². The largest absolute Gasteiger partial charge is 0.370 e. The van der Waals surface area contributed by atoms with Crippen LogP contribution in [0.25, 0.3) is 0 Å². The van der Waals surface area contributed by atoms with Gasteiger partial charge in [0.2, 0.25) is 0 Å². The molecule has 3 rings (SSSR count). The quantitative estimate of drug-likeness (QED) is 0.699. The first-order valence-corrected chi connectivity index (χ1v) is 8.00. The molecule has 2 heterocycles. The predicted molar refractivity (Wildman–Crippen MR) is 89.7 cm³/mol. The molecule has 22 heavy (non-hydrogen) atoms. The van der Waals surface area contributed by atoms with Crippen molar-refractivity contribution in [2.24, 2.45) is 16.8 Å². The van der Waals surface area contributed by atoms with Gasteiger partial charge in [0.15, 0.2) is 6.17 Å². The number of carbonyl (C=O) groups is 1. The topological polar surface area (TPSA) is 68.8 Å². The molecule has 7 heteroatoms. The third-order valence-corrected chi connectivity index (χ3v) is 4.09. The molecule has 0 bridgehead atoms. The van der Waals surface area contributed by atoms with Crippen LogP contribution in [0, 0.1) is 11.8 Å². The zero-order valence-electron chi connectivity index (χ0n) is 13.5. The molecule has 1 unspecified atom stereocenters. The summed E-state index contributed by atoms with van der Waals surface area (Å²) in [4.78, 5) is 19.0. The van der Waals surface area contributed by atoms with Gasteiger partial charge in [-0.3, -0.25) is 10.2 Å². The molecule has 3 aliphatic rings. The first-order valence-electron chi connectivity index (χ1n) is 8.00. The maximum Gasteiger partial charge on any atom is 0.325 e. The molecule has 0 aromatic heterocycles. The Morgan fingerprint density at radius 3 is 2.68 bits per heavy atom. The molecule has 124 valence electrons. The lowest BCUT2D eigenvalue weighted by atomic mass is 10.2. The molecular weight excluding hydrogens is 302 g/mol. The van der Waals surface area contributed by atoms with Crippen molar-refractivity contribution in [3.63, 3.8) is 0 Å². The zero-order chi connectivity index (χ0) is 15.0. The molecule has 1 atom stereocenters. The van der Waals surface area contributed by atoms with Crippen LogP contribution in [0.5, 0.6) is 0 Å². The van der Waals surface area contributed by atoms with Crippen LogP contribution in [0.3, 0.4) is 0 Å². The van der Waals surface area contributed by atoms with Gasteiger partial charge in [-0.1, -0.05) is 20.8 Å². The number of amidine groups is 1. The smallest absolute Gasteiger partial charge is 0.325 e. The zero-order valence-corrected chi connectivity index (χ0v) is 14.3. The number of urea groups is 1. The Morgan fingerprint density at radius 2 is 2.09 bits per heavy atom. The van der Waals surface area contributed by atoms with E-state index in [1.54, 1.807) is 0 Å². The summed E-state index contributed by atoms with van der Waals surface area (Å²) in [5, 5.41) is 9.70. The summed E-state index contributed by atoms with van der Waals surface area (Å²) in [6.45, 7) is 7.98. The number of carbonyl (C=O) groups excluding carboxylic acids is 1. The molecule has 0 aromatic carbocycles. The molecule has 0 aromatic rings. The minimum absolute atomic E-state index is 0. The predicted octanol–water partition coefficient (Wildman–Crippen LogP) is 2.00. The molecule has 1 saturated carbocycles. The number of nitrogens with one attached hydrogen (secondary N) is 3. The maximum absolute atomic E-state index is 12.4. The first kappa shape index (κ1) is 16.9. The molecule has 2 aliphatic heterocycles. The second-order valence-electron chi connectivity index (χ2n) is 6.41. The molecule has 1 aliphatic carbocycles. The molecule has 0 radical (unpaired) electrons. The summed E-state index contributed by atoms with van der Waals surface area (Å²) in [5.41, 5.74) is 0.993. The van der Waals surface area contributed by atoms with Crippen molar-refractivity contribution in [3.8, 4) is 0 Å². The van der Waals surface area contributed by atoms with E-state index in [0.29, 0.717) is 11.8 Å². The molecule has 1 fully saturated rings. The maximum atomic E-state index is 12.4. The van der Waals surface area contributed by atoms with E-state index in [4.69, 9.17) is 4.99 Å². The summed E-state index contributed by atoms with van der Waals surface area (Å²) in [6, 6.07) is -0.0372. The SMILES string of the molecule is CCCNC1=C2NC(C(C)C)=NC2N(CC2CC2)C(=O)N1.Cl.